The van der Waals surface area contributed by atoms with Crippen LogP contribution in [-0.4, -0.2) is 18.9 Å². The van der Waals surface area contributed by atoms with E-state index in [0.29, 0.717) is 12.5 Å². The minimum absolute atomic E-state index is 0.244. The number of hydrogen-bond donors (Lipinski definition) is 2. The molecule has 1 aliphatic rings. The molecule has 0 aromatic heterocycles. The maximum Gasteiger partial charge on any atom is 0.573 e. The number of hydrogen-bond acceptors (Lipinski definition) is 2. The summed E-state index contributed by atoms with van der Waals surface area (Å²) < 4.78 is 39.9. The molecule has 0 bridgehead atoms. The fourth-order valence-corrected chi connectivity index (χ4v) is 2.04. The number of halogens is 3. The highest BCUT2D eigenvalue weighted by Crippen LogP contribution is 2.33. The van der Waals surface area contributed by atoms with Gasteiger partial charge in [-0.2, -0.15) is 0 Å². The summed E-state index contributed by atoms with van der Waals surface area (Å²) in [5.41, 5.74) is 6.49. The molecule has 0 spiro atoms. The van der Waals surface area contributed by atoms with E-state index >= 15 is 0 Å². The molecule has 0 atom stereocenters. The largest absolute Gasteiger partial charge is 0.573 e. The third-order valence-corrected chi connectivity index (χ3v) is 3.38. The highest BCUT2D eigenvalue weighted by molar-refractivity contribution is 5.77. The lowest BCUT2D eigenvalue weighted by Gasteiger charge is -2.09. The molecule has 0 aliphatic heterocycles. The van der Waals surface area contributed by atoms with Crippen molar-refractivity contribution in [3.63, 3.8) is 0 Å². The number of ether oxygens (including phenoxy) is 1. The van der Waals surface area contributed by atoms with Crippen molar-refractivity contribution in [1.82, 2.24) is 5.32 Å². The number of rotatable bonds is 7. The summed E-state index contributed by atoms with van der Waals surface area (Å²) in [7, 11) is 0. The Morgan fingerprint density at radius 1 is 1.27 bits per heavy atom. The molecular weight excluding hydrogens is 295 g/mol. The van der Waals surface area contributed by atoms with Crippen LogP contribution in [0.5, 0.6) is 5.75 Å². The van der Waals surface area contributed by atoms with Crippen LogP contribution in [0.3, 0.4) is 0 Å². The predicted molar refractivity (Wildman–Crippen MR) is 78.4 cm³/mol. The number of benzene rings is 1. The summed E-state index contributed by atoms with van der Waals surface area (Å²) in [6.45, 7) is 1.11. The van der Waals surface area contributed by atoms with Crippen LogP contribution in [0.25, 0.3) is 0 Å². The maximum atomic E-state index is 12.0. The third-order valence-electron chi connectivity index (χ3n) is 3.38. The van der Waals surface area contributed by atoms with E-state index in [-0.39, 0.29) is 5.75 Å². The lowest BCUT2D eigenvalue weighted by Crippen LogP contribution is -2.32. The Morgan fingerprint density at radius 3 is 2.55 bits per heavy atom. The standard InChI is InChI=1S/C15H20F3N3O/c16-15(17,18)22-13-7-5-12(6-8-13)10-21-14(19)20-9-1-2-11-3-4-11/h5-8,11H,1-4,9-10H2,(H3,19,20,21). The number of nitrogens with two attached hydrogens (primary N) is 1. The minimum atomic E-state index is -4.67. The Balaban J connectivity index is 1.71. The van der Waals surface area contributed by atoms with Gasteiger partial charge in [0.1, 0.15) is 5.75 Å². The van der Waals surface area contributed by atoms with Gasteiger partial charge >= 0.3 is 6.36 Å². The van der Waals surface area contributed by atoms with Crippen molar-refractivity contribution in [2.24, 2.45) is 16.6 Å². The lowest BCUT2D eigenvalue weighted by molar-refractivity contribution is -0.274. The number of alkyl halides is 3. The molecule has 1 aromatic rings. The fourth-order valence-electron chi connectivity index (χ4n) is 2.04. The van der Waals surface area contributed by atoms with Crippen molar-refractivity contribution < 1.29 is 17.9 Å². The van der Waals surface area contributed by atoms with Gasteiger partial charge in [0.15, 0.2) is 5.96 Å². The topological polar surface area (TPSA) is 59.6 Å². The van der Waals surface area contributed by atoms with Gasteiger partial charge in [-0.3, -0.25) is 0 Å². The summed E-state index contributed by atoms with van der Waals surface area (Å²) in [5.74, 6) is 1.01. The Labute approximate surface area is 127 Å². The van der Waals surface area contributed by atoms with Crippen LogP contribution in [0.15, 0.2) is 29.3 Å². The molecule has 1 fully saturated rings. The van der Waals surface area contributed by atoms with Gasteiger partial charge in [0.05, 0.1) is 6.54 Å². The number of nitrogens with zero attached hydrogens (tertiary/aromatic N) is 1. The average molecular weight is 315 g/mol. The van der Waals surface area contributed by atoms with E-state index in [1.807, 2.05) is 0 Å². The number of aliphatic imine (C=N–C) groups is 1. The second-order valence-electron chi connectivity index (χ2n) is 5.41. The van der Waals surface area contributed by atoms with Gasteiger partial charge in [0, 0.05) is 6.54 Å². The van der Waals surface area contributed by atoms with E-state index in [9.17, 15) is 13.2 Å². The zero-order valence-electron chi connectivity index (χ0n) is 12.2. The molecular formula is C15H20F3N3O. The SMILES string of the molecule is NC(=NCc1ccc(OC(F)(F)F)cc1)NCCCC1CC1. The second-order valence-corrected chi connectivity index (χ2v) is 5.41. The zero-order valence-corrected chi connectivity index (χ0v) is 12.2. The molecule has 122 valence electrons. The van der Waals surface area contributed by atoms with Crippen LogP contribution in [0.1, 0.15) is 31.2 Å². The quantitative estimate of drug-likeness (QED) is 0.461. The normalized spacial score (nSPS) is 15.7. The zero-order chi connectivity index (χ0) is 16.0. The van der Waals surface area contributed by atoms with Crippen LogP contribution >= 0.6 is 0 Å². The van der Waals surface area contributed by atoms with Crippen molar-refractivity contribution in [3.05, 3.63) is 29.8 Å². The molecule has 0 saturated heterocycles. The maximum absolute atomic E-state index is 12.0. The van der Waals surface area contributed by atoms with Crippen molar-refractivity contribution in [3.8, 4) is 5.75 Å². The molecule has 0 radical (unpaired) electrons. The molecule has 1 aromatic carbocycles. The Morgan fingerprint density at radius 2 is 1.95 bits per heavy atom. The van der Waals surface area contributed by atoms with Crippen LogP contribution in [-0.2, 0) is 6.54 Å². The summed E-state index contributed by atoms with van der Waals surface area (Å²) in [6.07, 6.45) is 0.315. The van der Waals surface area contributed by atoms with Crippen LogP contribution < -0.4 is 15.8 Å². The highest BCUT2D eigenvalue weighted by Gasteiger charge is 2.30. The summed E-state index contributed by atoms with van der Waals surface area (Å²) >= 11 is 0. The van der Waals surface area contributed by atoms with Crippen molar-refractivity contribution in [1.29, 1.82) is 0 Å². The Bertz CT molecular complexity index is 496. The average Bonchev–Trinajstić information content (AvgIpc) is 3.25. The van der Waals surface area contributed by atoms with Gasteiger partial charge in [-0.15, -0.1) is 13.2 Å². The first-order valence-corrected chi connectivity index (χ1v) is 7.31. The molecule has 7 heteroatoms. The molecule has 2 rings (SSSR count). The van der Waals surface area contributed by atoms with Gasteiger partial charge in [-0.25, -0.2) is 4.99 Å². The van der Waals surface area contributed by atoms with E-state index < -0.39 is 6.36 Å². The first kappa shape index (κ1) is 16.5. The number of nitrogens with one attached hydrogen (secondary N) is 1. The van der Waals surface area contributed by atoms with Crippen molar-refractivity contribution in [2.45, 2.75) is 38.6 Å². The molecule has 0 unspecified atom stereocenters. The van der Waals surface area contributed by atoms with E-state index in [0.717, 1.165) is 24.4 Å². The van der Waals surface area contributed by atoms with Crippen LogP contribution in [0, 0.1) is 5.92 Å². The van der Waals surface area contributed by atoms with Gasteiger partial charge in [0.25, 0.3) is 0 Å². The van der Waals surface area contributed by atoms with Crippen LogP contribution in [0.2, 0.25) is 0 Å². The lowest BCUT2D eigenvalue weighted by atomic mass is 10.2. The molecule has 1 saturated carbocycles. The highest BCUT2D eigenvalue weighted by atomic mass is 19.4. The molecule has 22 heavy (non-hydrogen) atoms. The second kappa shape index (κ2) is 7.38. The smallest absolute Gasteiger partial charge is 0.406 e. The van der Waals surface area contributed by atoms with Gasteiger partial charge in [-0.1, -0.05) is 25.0 Å². The minimum Gasteiger partial charge on any atom is -0.406 e. The summed E-state index contributed by atoms with van der Waals surface area (Å²) in [5, 5.41) is 3.03. The Hall–Kier alpha value is -1.92. The predicted octanol–water partition coefficient (Wildman–Crippen LogP) is 3.18. The summed E-state index contributed by atoms with van der Waals surface area (Å²) in [4.78, 5) is 4.15. The third kappa shape index (κ3) is 6.69. The molecule has 0 amide bonds. The Kier molecular flexibility index (Phi) is 5.51. The molecule has 1 aliphatic carbocycles. The molecule has 4 nitrogen and oxygen atoms in total. The number of guanidine groups is 1. The summed E-state index contributed by atoms with van der Waals surface area (Å²) in [6, 6.07) is 5.59. The molecule has 3 N–H and O–H groups in total. The van der Waals surface area contributed by atoms with E-state index in [1.165, 1.54) is 43.5 Å². The van der Waals surface area contributed by atoms with Crippen molar-refractivity contribution in [2.75, 3.05) is 6.54 Å². The van der Waals surface area contributed by atoms with Gasteiger partial charge < -0.3 is 15.8 Å². The molecule has 0 heterocycles. The monoisotopic (exact) mass is 315 g/mol. The van der Waals surface area contributed by atoms with E-state index in [1.54, 1.807) is 0 Å². The fraction of sp³-hybridized carbons (Fsp3) is 0.533. The van der Waals surface area contributed by atoms with E-state index in [4.69, 9.17) is 5.73 Å². The first-order chi connectivity index (χ1) is 10.4. The van der Waals surface area contributed by atoms with Crippen molar-refractivity contribution >= 4 is 5.96 Å². The van der Waals surface area contributed by atoms with Gasteiger partial charge in [0.2, 0.25) is 0 Å². The van der Waals surface area contributed by atoms with Crippen LogP contribution in [0.4, 0.5) is 13.2 Å². The van der Waals surface area contributed by atoms with Gasteiger partial charge in [-0.05, 0) is 36.5 Å². The first-order valence-electron chi connectivity index (χ1n) is 7.31. The van der Waals surface area contributed by atoms with E-state index in [2.05, 4.69) is 15.0 Å².